The number of nitrogen functional groups attached to an aromatic ring is 1. The molecule has 310 valence electrons. The minimum Gasteiger partial charge on any atom is -0.493 e. The highest BCUT2D eigenvalue weighted by Gasteiger charge is 2.35. The molecule has 5 heterocycles. The first-order valence-corrected chi connectivity index (χ1v) is 20.0. The molecule has 0 saturated carbocycles. The number of ether oxygens (including phenoxy) is 4. The summed E-state index contributed by atoms with van der Waals surface area (Å²) in [5, 5.41) is 5.91. The molecule has 1 atom stereocenters. The van der Waals surface area contributed by atoms with E-state index in [1.807, 2.05) is 91.3 Å². The van der Waals surface area contributed by atoms with Crippen molar-refractivity contribution in [1.82, 2.24) is 29.8 Å². The maximum absolute atomic E-state index is 13.9. The number of likely N-dealkylation sites (tertiary alicyclic amines) is 1. The summed E-state index contributed by atoms with van der Waals surface area (Å²) in [6.07, 6.45) is 8.33. The summed E-state index contributed by atoms with van der Waals surface area (Å²) in [6.45, 7) is 4.90. The number of amides is 1. The second kappa shape index (κ2) is 16.9. The molecule has 2 aliphatic heterocycles. The summed E-state index contributed by atoms with van der Waals surface area (Å²) in [5.41, 5.74) is 11.1. The minimum absolute atomic E-state index is 0.0544. The second-order valence-electron chi connectivity index (χ2n) is 14.8. The predicted molar refractivity (Wildman–Crippen MR) is 234 cm³/mol. The van der Waals surface area contributed by atoms with Crippen LogP contribution in [0.25, 0.3) is 22.3 Å². The number of aromatic amines is 2. The number of fused-ring (bicyclic) bond motifs is 2. The number of aromatic nitrogens is 5. The average Bonchev–Trinajstić information content (AvgIpc) is 4.06. The molecule has 0 bridgehead atoms. The van der Waals surface area contributed by atoms with E-state index in [4.69, 9.17) is 29.8 Å². The third kappa shape index (κ3) is 7.74. The molecule has 2 aliphatic rings. The van der Waals surface area contributed by atoms with Gasteiger partial charge in [-0.2, -0.15) is 4.98 Å². The Kier molecular flexibility index (Phi) is 10.7. The van der Waals surface area contributed by atoms with Gasteiger partial charge in [0.05, 0.1) is 20.4 Å². The van der Waals surface area contributed by atoms with E-state index in [0.717, 1.165) is 40.6 Å². The van der Waals surface area contributed by atoms with Crippen LogP contribution < -0.4 is 24.7 Å². The van der Waals surface area contributed by atoms with Crippen molar-refractivity contribution in [2.75, 3.05) is 39.6 Å². The molecule has 62 heavy (non-hydrogen) atoms. The zero-order valence-corrected chi connectivity index (χ0v) is 34.0. The first-order chi connectivity index (χ1) is 30.3. The Morgan fingerprint density at radius 1 is 0.952 bits per heavy atom. The highest BCUT2D eigenvalue weighted by Crippen LogP contribution is 2.40. The van der Waals surface area contributed by atoms with Gasteiger partial charge < -0.3 is 39.5 Å². The lowest BCUT2D eigenvalue weighted by Gasteiger charge is -2.31. The standard InChI is InChI=1S/C47H41N9O6/c1-28(26-61-39-21-31(20-38(59-2)43(39)60-3)42(57)37-23-50-45(53-37)35-22-49-36-14-8-7-13-34(35)36)47(58)55-19-9-10-29(24-55)25-56-46-40(44(48)51-27-52-46)41(54-56)30-15-17-33(18-16-30)62-32-11-5-4-6-12-32/h4-8,11-18,20-23,25,27,29H,1,9-10,19,24,26H2,2-3H3,(H3-,48,49,50,51,52,53,54,57)/p+1/b56-25+. The fourth-order valence-corrected chi connectivity index (χ4v) is 7.74. The number of rotatable bonds is 13. The molecule has 7 aromatic rings. The van der Waals surface area contributed by atoms with Crippen LogP contribution in [0, 0.1) is 5.92 Å². The van der Waals surface area contributed by atoms with Gasteiger partial charge in [-0.15, -0.1) is 4.68 Å². The highest BCUT2D eigenvalue weighted by atomic mass is 16.5. The first-order valence-electron chi connectivity index (χ1n) is 20.0. The number of nitrogens with zero attached hydrogens (tertiary/aromatic N) is 6. The van der Waals surface area contributed by atoms with Gasteiger partial charge in [0, 0.05) is 58.4 Å². The molecule has 4 N–H and O–H groups in total. The molecule has 1 amide bonds. The van der Waals surface area contributed by atoms with Crippen LogP contribution in [0.5, 0.6) is 28.7 Å². The zero-order valence-electron chi connectivity index (χ0n) is 34.0. The lowest BCUT2D eigenvalue weighted by Crippen LogP contribution is -2.42. The molecule has 4 aromatic carbocycles. The Balaban J connectivity index is 0.886. The normalized spacial score (nSPS) is 15.3. The van der Waals surface area contributed by atoms with Crippen LogP contribution in [-0.4, -0.2) is 92.0 Å². The number of H-pyrrole nitrogens is 2. The number of carbonyl (C=O) groups is 2. The number of ketones is 1. The number of methoxy groups -OCH3 is 2. The summed E-state index contributed by atoms with van der Waals surface area (Å²) in [7, 11) is 2.95. The predicted octanol–water partition coefficient (Wildman–Crippen LogP) is 7.33. The van der Waals surface area contributed by atoms with Crippen molar-refractivity contribution in [3.63, 3.8) is 0 Å². The number of anilines is 1. The van der Waals surface area contributed by atoms with Gasteiger partial charge >= 0.3 is 5.82 Å². The van der Waals surface area contributed by atoms with Gasteiger partial charge in [-0.05, 0) is 72.4 Å². The molecular formula is C47H42N9O6+. The molecule has 15 nitrogen and oxygen atoms in total. The number of hydrogen-bond acceptors (Lipinski definition) is 11. The van der Waals surface area contributed by atoms with Gasteiger partial charge in [-0.3, -0.25) is 9.59 Å². The molecule has 1 fully saturated rings. The largest absolute Gasteiger partial charge is 0.493 e. The van der Waals surface area contributed by atoms with E-state index in [-0.39, 0.29) is 58.3 Å². The van der Waals surface area contributed by atoms with Crippen molar-refractivity contribution in [3.05, 3.63) is 144 Å². The van der Waals surface area contributed by atoms with Gasteiger partial charge in [0.15, 0.2) is 11.5 Å². The number of nitrogens with one attached hydrogen (secondary N) is 2. The summed E-state index contributed by atoms with van der Waals surface area (Å²) >= 11 is 0. The maximum Gasteiger partial charge on any atom is 0.363 e. The summed E-state index contributed by atoms with van der Waals surface area (Å²) in [4.78, 5) is 49.1. The summed E-state index contributed by atoms with van der Waals surface area (Å²) < 4.78 is 25.1. The van der Waals surface area contributed by atoms with Crippen molar-refractivity contribution in [2.45, 2.75) is 12.8 Å². The van der Waals surface area contributed by atoms with Crippen molar-refractivity contribution in [2.24, 2.45) is 11.0 Å². The third-order valence-corrected chi connectivity index (χ3v) is 10.8. The van der Waals surface area contributed by atoms with Gasteiger partial charge in [0.1, 0.15) is 52.9 Å². The van der Waals surface area contributed by atoms with Crippen molar-refractivity contribution < 1.29 is 33.2 Å². The zero-order chi connectivity index (χ0) is 42.7. The van der Waals surface area contributed by atoms with Crippen LogP contribution in [0.4, 0.5) is 11.6 Å². The fraction of sp³-hybridized carbons (Fsp3) is 0.170. The van der Waals surface area contributed by atoms with Crippen LogP contribution >= 0.6 is 0 Å². The molecular weight excluding hydrogens is 787 g/mol. The Labute approximate surface area is 356 Å². The summed E-state index contributed by atoms with van der Waals surface area (Å²) in [5.74, 6) is 2.97. The molecule has 1 unspecified atom stereocenters. The maximum atomic E-state index is 13.9. The Bertz CT molecular complexity index is 2900. The number of hydrazone groups is 1. The van der Waals surface area contributed by atoms with E-state index in [1.165, 1.54) is 26.7 Å². The van der Waals surface area contributed by atoms with Gasteiger partial charge in [0.2, 0.25) is 17.9 Å². The molecule has 15 heteroatoms. The van der Waals surface area contributed by atoms with Gasteiger partial charge in [-0.25, -0.2) is 4.98 Å². The van der Waals surface area contributed by atoms with Crippen molar-refractivity contribution in [1.29, 1.82) is 0 Å². The van der Waals surface area contributed by atoms with Crippen molar-refractivity contribution in [3.8, 4) is 40.1 Å². The lowest BCUT2D eigenvalue weighted by atomic mass is 9.98. The van der Waals surface area contributed by atoms with E-state index < -0.39 is 0 Å². The van der Waals surface area contributed by atoms with Crippen LogP contribution in [0.15, 0.2) is 127 Å². The molecule has 1 saturated heterocycles. The molecule has 0 spiro atoms. The van der Waals surface area contributed by atoms with Crippen LogP contribution in [0.1, 0.15) is 40.0 Å². The van der Waals surface area contributed by atoms with E-state index in [1.54, 1.807) is 21.7 Å². The SMILES string of the molecule is C=C(COc1cc(C(=O)c2cnc(-c3c[nH]c4ccccc34)[nH]2)cc(OC)c1OC)C(=O)N1CCCC(/C=[N+]2/N=C(c3ccc(Oc4ccccc4)cc3)c3c(N)ncnc32)C1. The number of para-hydroxylation sites is 2. The Morgan fingerprint density at radius 2 is 1.73 bits per heavy atom. The number of benzene rings is 4. The Hall–Kier alpha value is -8.07. The number of nitrogens with two attached hydrogens (primary N) is 1. The van der Waals surface area contributed by atoms with Crippen molar-refractivity contribution >= 4 is 46.2 Å². The molecule has 3 aromatic heterocycles. The first kappa shape index (κ1) is 39.4. The number of imidazole rings is 1. The topological polar surface area (TPSA) is 186 Å². The van der Waals surface area contributed by atoms with E-state index >= 15 is 0 Å². The number of carbonyl (C=O) groups excluding carboxylic acids is 2. The molecule has 9 rings (SSSR count). The minimum atomic E-state index is -0.336. The summed E-state index contributed by atoms with van der Waals surface area (Å²) in [6, 6.07) is 28.2. The van der Waals surface area contributed by atoms with E-state index in [0.29, 0.717) is 47.6 Å². The average molecular weight is 829 g/mol. The molecule has 0 radical (unpaired) electrons. The highest BCUT2D eigenvalue weighted by molar-refractivity contribution is 6.18. The van der Waals surface area contributed by atoms with Crippen LogP contribution in [0.3, 0.4) is 0 Å². The van der Waals surface area contributed by atoms with Gasteiger partial charge in [-0.1, -0.05) is 48.1 Å². The lowest BCUT2D eigenvalue weighted by molar-refractivity contribution is -0.442. The third-order valence-electron chi connectivity index (χ3n) is 10.8. The smallest absolute Gasteiger partial charge is 0.363 e. The second-order valence-corrected chi connectivity index (χ2v) is 14.8. The van der Waals surface area contributed by atoms with Crippen LogP contribution in [-0.2, 0) is 4.79 Å². The van der Waals surface area contributed by atoms with Gasteiger partial charge in [0.25, 0.3) is 5.91 Å². The number of hydrogen-bond donors (Lipinski definition) is 3. The number of piperidine rings is 1. The van der Waals surface area contributed by atoms with E-state index in [9.17, 15) is 9.59 Å². The quantitative estimate of drug-likeness (QED) is 0.0604. The fourth-order valence-electron chi connectivity index (χ4n) is 7.74. The van der Waals surface area contributed by atoms with Crippen LogP contribution in [0.2, 0.25) is 0 Å². The van der Waals surface area contributed by atoms with E-state index in [2.05, 4.69) is 31.5 Å². The monoisotopic (exact) mass is 828 g/mol. The Morgan fingerprint density at radius 3 is 2.53 bits per heavy atom. The molecule has 0 aliphatic carbocycles.